The van der Waals surface area contributed by atoms with Gasteiger partial charge in [-0.3, -0.25) is 0 Å². The van der Waals surface area contributed by atoms with Gasteiger partial charge in [0.15, 0.2) is 0 Å². The smallest absolute Gasteiger partial charge is 0.0269 e. The number of benzene rings is 3. The standard InChI is InChI=1S/C22H20/c1-3-21(19-12-8-5-9-13-19)22-16-20(15-14-17(22)2)18-10-6-4-7-11-18/h3-16,21H,1H2,2H3. The quantitative estimate of drug-likeness (QED) is 0.517. The molecule has 0 bridgehead atoms. The summed E-state index contributed by atoms with van der Waals surface area (Å²) in [6, 6.07) is 27.8. The summed E-state index contributed by atoms with van der Waals surface area (Å²) >= 11 is 0. The fourth-order valence-electron chi connectivity index (χ4n) is 2.89. The van der Waals surface area contributed by atoms with Gasteiger partial charge in [0.05, 0.1) is 0 Å². The molecule has 0 heteroatoms. The van der Waals surface area contributed by atoms with Crippen LogP contribution in [0.3, 0.4) is 0 Å². The van der Waals surface area contributed by atoms with Crippen LogP contribution in [0.1, 0.15) is 22.6 Å². The van der Waals surface area contributed by atoms with Crippen LogP contribution in [0.2, 0.25) is 0 Å². The fraction of sp³-hybridized carbons (Fsp3) is 0.0909. The first kappa shape index (κ1) is 14.3. The van der Waals surface area contributed by atoms with E-state index in [2.05, 4.69) is 92.4 Å². The van der Waals surface area contributed by atoms with Gasteiger partial charge in [0.1, 0.15) is 0 Å². The third kappa shape index (κ3) is 2.87. The van der Waals surface area contributed by atoms with Crippen LogP contribution in [0.5, 0.6) is 0 Å². The van der Waals surface area contributed by atoms with Crippen molar-refractivity contribution in [3.8, 4) is 11.1 Å². The van der Waals surface area contributed by atoms with Crippen LogP contribution in [-0.4, -0.2) is 0 Å². The lowest BCUT2D eigenvalue weighted by Crippen LogP contribution is -2.00. The Labute approximate surface area is 132 Å². The lowest BCUT2D eigenvalue weighted by atomic mass is 9.86. The van der Waals surface area contributed by atoms with E-state index in [9.17, 15) is 0 Å². The van der Waals surface area contributed by atoms with E-state index in [0.29, 0.717) is 0 Å². The van der Waals surface area contributed by atoms with Crippen LogP contribution in [0.4, 0.5) is 0 Å². The second-order valence-electron chi connectivity index (χ2n) is 5.56. The zero-order valence-electron chi connectivity index (χ0n) is 12.9. The fourth-order valence-corrected chi connectivity index (χ4v) is 2.89. The maximum Gasteiger partial charge on any atom is 0.0269 e. The van der Waals surface area contributed by atoms with E-state index < -0.39 is 0 Å². The molecule has 0 radical (unpaired) electrons. The van der Waals surface area contributed by atoms with Crippen LogP contribution in [0.15, 0.2) is 91.5 Å². The molecule has 1 unspecified atom stereocenters. The second kappa shape index (κ2) is 6.44. The molecule has 0 aliphatic rings. The summed E-state index contributed by atoms with van der Waals surface area (Å²) < 4.78 is 0. The number of allylic oxidation sites excluding steroid dienone is 1. The average molecular weight is 284 g/mol. The monoisotopic (exact) mass is 284 g/mol. The highest BCUT2D eigenvalue weighted by Gasteiger charge is 2.13. The Morgan fingerprint density at radius 3 is 2.05 bits per heavy atom. The van der Waals surface area contributed by atoms with Gasteiger partial charge in [0, 0.05) is 5.92 Å². The van der Waals surface area contributed by atoms with E-state index in [0.717, 1.165) is 0 Å². The van der Waals surface area contributed by atoms with E-state index in [4.69, 9.17) is 0 Å². The molecule has 0 aliphatic heterocycles. The Morgan fingerprint density at radius 2 is 1.41 bits per heavy atom. The largest absolute Gasteiger partial charge is 0.102 e. The minimum atomic E-state index is 0.227. The molecule has 0 saturated carbocycles. The van der Waals surface area contributed by atoms with Gasteiger partial charge in [0.25, 0.3) is 0 Å². The van der Waals surface area contributed by atoms with E-state index in [1.54, 1.807) is 0 Å². The Balaban J connectivity index is 2.08. The molecule has 0 N–H and O–H groups in total. The van der Waals surface area contributed by atoms with E-state index in [1.807, 2.05) is 6.08 Å². The van der Waals surface area contributed by atoms with Crippen molar-refractivity contribution in [2.75, 3.05) is 0 Å². The van der Waals surface area contributed by atoms with Crippen molar-refractivity contribution in [2.45, 2.75) is 12.8 Å². The predicted octanol–water partition coefficient (Wildman–Crippen LogP) is 5.98. The summed E-state index contributed by atoms with van der Waals surface area (Å²) in [6.07, 6.45) is 2.03. The maximum atomic E-state index is 4.06. The number of rotatable bonds is 4. The second-order valence-corrected chi connectivity index (χ2v) is 5.56. The summed E-state index contributed by atoms with van der Waals surface area (Å²) in [7, 11) is 0. The normalized spacial score (nSPS) is 11.9. The van der Waals surface area contributed by atoms with Gasteiger partial charge in [-0.25, -0.2) is 0 Å². The zero-order valence-corrected chi connectivity index (χ0v) is 12.9. The number of aryl methyl sites for hydroxylation is 1. The highest BCUT2D eigenvalue weighted by atomic mass is 14.2. The summed E-state index contributed by atoms with van der Waals surface area (Å²) in [6.45, 7) is 6.23. The third-order valence-electron chi connectivity index (χ3n) is 4.12. The third-order valence-corrected chi connectivity index (χ3v) is 4.12. The van der Waals surface area contributed by atoms with Gasteiger partial charge < -0.3 is 0 Å². The molecule has 0 aliphatic carbocycles. The Kier molecular flexibility index (Phi) is 4.20. The zero-order chi connectivity index (χ0) is 15.4. The maximum absolute atomic E-state index is 4.06. The lowest BCUT2D eigenvalue weighted by Gasteiger charge is -2.17. The van der Waals surface area contributed by atoms with Gasteiger partial charge in [-0.05, 0) is 40.8 Å². The molecule has 0 amide bonds. The summed E-state index contributed by atoms with van der Waals surface area (Å²) in [5.74, 6) is 0.227. The van der Waals surface area contributed by atoms with Gasteiger partial charge >= 0.3 is 0 Å². The van der Waals surface area contributed by atoms with Crippen molar-refractivity contribution in [3.63, 3.8) is 0 Å². The molecular formula is C22H20. The van der Waals surface area contributed by atoms with E-state index in [-0.39, 0.29) is 5.92 Å². The molecule has 22 heavy (non-hydrogen) atoms. The number of hydrogen-bond acceptors (Lipinski definition) is 0. The molecule has 3 rings (SSSR count). The topological polar surface area (TPSA) is 0 Å². The van der Waals surface area contributed by atoms with Gasteiger partial charge in [-0.1, -0.05) is 78.9 Å². The highest BCUT2D eigenvalue weighted by Crippen LogP contribution is 2.31. The summed E-state index contributed by atoms with van der Waals surface area (Å²) in [5, 5.41) is 0. The van der Waals surface area contributed by atoms with Crippen LogP contribution in [0, 0.1) is 6.92 Å². The lowest BCUT2D eigenvalue weighted by molar-refractivity contribution is 1.01. The van der Waals surface area contributed by atoms with Crippen molar-refractivity contribution in [2.24, 2.45) is 0 Å². The molecule has 0 aromatic heterocycles. The first-order valence-corrected chi connectivity index (χ1v) is 7.63. The van der Waals surface area contributed by atoms with Crippen molar-refractivity contribution in [1.82, 2.24) is 0 Å². The predicted molar refractivity (Wildman–Crippen MR) is 95.1 cm³/mol. The van der Waals surface area contributed by atoms with Crippen molar-refractivity contribution in [3.05, 3.63) is 108 Å². The Morgan fingerprint density at radius 1 is 0.773 bits per heavy atom. The molecule has 0 heterocycles. The minimum absolute atomic E-state index is 0.227. The first-order chi connectivity index (χ1) is 10.8. The molecule has 3 aromatic carbocycles. The number of hydrogen-bond donors (Lipinski definition) is 0. The molecule has 0 spiro atoms. The molecule has 0 fully saturated rings. The minimum Gasteiger partial charge on any atom is -0.102 e. The highest BCUT2D eigenvalue weighted by molar-refractivity contribution is 5.65. The van der Waals surface area contributed by atoms with Crippen molar-refractivity contribution < 1.29 is 0 Å². The van der Waals surface area contributed by atoms with Gasteiger partial charge in [-0.2, -0.15) is 0 Å². The SMILES string of the molecule is C=CC(c1ccccc1)c1cc(-c2ccccc2)ccc1C. The van der Waals surface area contributed by atoms with Gasteiger partial charge in [-0.15, -0.1) is 6.58 Å². The summed E-state index contributed by atoms with van der Waals surface area (Å²) in [4.78, 5) is 0. The molecule has 0 nitrogen and oxygen atoms in total. The Hall–Kier alpha value is -2.60. The van der Waals surface area contributed by atoms with Crippen LogP contribution in [-0.2, 0) is 0 Å². The Bertz CT molecular complexity index is 755. The molecular weight excluding hydrogens is 264 g/mol. The molecule has 108 valence electrons. The summed E-state index contributed by atoms with van der Waals surface area (Å²) in [5.41, 5.74) is 6.41. The van der Waals surface area contributed by atoms with E-state index >= 15 is 0 Å². The molecule has 3 aromatic rings. The van der Waals surface area contributed by atoms with Crippen LogP contribution >= 0.6 is 0 Å². The van der Waals surface area contributed by atoms with E-state index in [1.165, 1.54) is 27.8 Å². The van der Waals surface area contributed by atoms with Crippen molar-refractivity contribution in [1.29, 1.82) is 0 Å². The van der Waals surface area contributed by atoms with Gasteiger partial charge in [0.2, 0.25) is 0 Å². The average Bonchev–Trinajstić information content (AvgIpc) is 2.59. The first-order valence-electron chi connectivity index (χ1n) is 7.63. The molecule has 0 saturated heterocycles. The van der Waals surface area contributed by atoms with Crippen molar-refractivity contribution >= 4 is 0 Å². The van der Waals surface area contributed by atoms with Crippen LogP contribution in [0.25, 0.3) is 11.1 Å². The molecule has 1 atom stereocenters. The van der Waals surface area contributed by atoms with Crippen LogP contribution < -0.4 is 0 Å².